The molecule has 2 heterocycles. The van der Waals surface area contributed by atoms with Crippen LogP contribution in [0, 0.1) is 0 Å². The summed E-state index contributed by atoms with van der Waals surface area (Å²) in [7, 11) is 0. The summed E-state index contributed by atoms with van der Waals surface area (Å²) in [6, 6.07) is 5.13. The van der Waals surface area contributed by atoms with Crippen molar-refractivity contribution in [1.29, 1.82) is 0 Å². The summed E-state index contributed by atoms with van der Waals surface area (Å²) >= 11 is 2.09. The van der Waals surface area contributed by atoms with E-state index in [4.69, 9.17) is 0 Å². The van der Waals surface area contributed by atoms with E-state index in [9.17, 15) is 0 Å². The van der Waals surface area contributed by atoms with Gasteiger partial charge in [0.05, 0.1) is 0 Å². The summed E-state index contributed by atoms with van der Waals surface area (Å²) in [6.07, 6.45) is 6.07. The molecule has 1 N–H and O–H groups in total. The molecule has 0 amide bonds. The lowest BCUT2D eigenvalue weighted by Gasteiger charge is -2.23. The Morgan fingerprint density at radius 3 is 3.00 bits per heavy atom. The van der Waals surface area contributed by atoms with E-state index < -0.39 is 0 Å². The predicted octanol–water partition coefficient (Wildman–Crippen LogP) is 2.88. The minimum Gasteiger partial charge on any atom is -0.350 e. The first-order valence-electron chi connectivity index (χ1n) is 6.35. The molecule has 3 heteroatoms. The molecule has 2 nitrogen and oxygen atoms in total. The number of hydrogen-bond acceptors (Lipinski definition) is 2. The Hall–Kier alpha value is -0.410. The molecule has 0 bridgehead atoms. The van der Waals surface area contributed by atoms with Crippen LogP contribution < -0.4 is 5.32 Å². The van der Waals surface area contributed by atoms with Crippen molar-refractivity contribution in [2.24, 2.45) is 0 Å². The van der Waals surface area contributed by atoms with Gasteiger partial charge in [-0.3, -0.25) is 0 Å². The molecule has 0 saturated carbocycles. The highest BCUT2D eigenvalue weighted by molar-refractivity contribution is 7.99. The summed E-state index contributed by atoms with van der Waals surface area (Å²) in [5.41, 5.74) is 1.43. The monoisotopic (exact) mass is 238 g/mol. The molecule has 0 aromatic carbocycles. The van der Waals surface area contributed by atoms with E-state index in [0.717, 1.165) is 19.1 Å². The van der Waals surface area contributed by atoms with Gasteiger partial charge in [0.1, 0.15) is 0 Å². The van der Waals surface area contributed by atoms with Gasteiger partial charge >= 0.3 is 0 Å². The van der Waals surface area contributed by atoms with Gasteiger partial charge in [0.25, 0.3) is 0 Å². The number of rotatable bonds is 5. The van der Waals surface area contributed by atoms with E-state index in [1.807, 2.05) is 0 Å². The summed E-state index contributed by atoms with van der Waals surface area (Å²) < 4.78 is 2.37. The van der Waals surface area contributed by atoms with Gasteiger partial charge in [-0.15, -0.1) is 0 Å². The van der Waals surface area contributed by atoms with Crippen LogP contribution in [0.4, 0.5) is 0 Å². The van der Waals surface area contributed by atoms with Gasteiger partial charge in [-0.2, -0.15) is 11.8 Å². The Morgan fingerprint density at radius 2 is 2.25 bits per heavy atom. The molecule has 0 aliphatic carbocycles. The molecule has 16 heavy (non-hydrogen) atoms. The molecule has 2 rings (SSSR count). The lowest BCUT2D eigenvalue weighted by Crippen LogP contribution is -2.32. The Labute approximate surface area is 103 Å². The topological polar surface area (TPSA) is 17.0 Å². The zero-order valence-corrected chi connectivity index (χ0v) is 10.9. The number of nitrogens with one attached hydrogen (secondary N) is 1. The van der Waals surface area contributed by atoms with Crippen molar-refractivity contribution in [3.8, 4) is 0 Å². The highest BCUT2D eigenvalue weighted by Crippen LogP contribution is 2.17. The first-order chi connectivity index (χ1) is 7.90. The van der Waals surface area contributed by atoms with Crippen molar-refractivity contribution >= 4 is 11.8 Å². The molecule has 1 aliphatic rings. The van der Waals surface area contributed by atoms with Crippen LogP contribution in [0.5, 0.6) is 0 Å². The van der Waals surface area contributed by atoms with Gasteiger partial charge in [0.15, 0.2) is 0 Å². The first kappa shape index (κ1) is 12.1. The molecule has 0 atom stereocenters. The van der Waals surface area contributed by atoms with Crippen LogP contribution in [-0.2, 0) is 13.1 Å². The quantitative estimate of drug-likeness (QED) is 0.849. The van der Waals surface area contributed by atoms with Crippen molar-refractivity contribution in [3.05, 3.63) is 24.0 Å². The fourth-order valence-electron chi connectivity index (χ4n) is 2.22. The second-order valence-electron chi connectivity index (χ2n) is 4.46. The largest absolute Gasteiger partial charge is 0.350 e. The maximum Gasteiger partial charge on any atom is 0.0361 e. The maximum atomic E-state index is 3.69. The molecule has 1 aromatic heterocycles. The highest BCUT2D eigenvalue weighted by Gasteiger charge is 2.13. The van der Waals surface area contributed by atoms with E-state index in [2.05, 4.69) is 46.9 Å². The maximum absolute atomic E-state index is 3.69. The summed E-state index contributed by atoms with van der Waals surface area (Å²) in [5, 5.41) is 3.69. The Bertz CT molecular complexity index is 303. The third kappa shape index (κ3) is 3.29. The van der Waals surface area contributed by atoms with Crippen LogP contribution in [-0.4, -0.2) is 22.1 Å². The van der Waals surface area contributed by atoms with Crippen LogP contribution in [0.15, 0.2) is 18.3 Å². The van der Waals surface area contributed by atoms with E-state index in [-0.39, 0.29) is 0 Å². The average molecular weight is 238 g/mol. The number of hydrogen-bond donors (Lipinski definition) is 1. The van der Waals surface area contributed by atoms with E-state index in [1.165, 1.54) is 36.5 Å². The molecular formula is C13H22N2S. The zero-order valence-electron chi connectivity index (χ0n) is 10.1. The molecule has 0 spiro atoms. The first-order valence-corrected chi connectivity index (χ1v) is 7.50. The summed E-state index contributed by atoms with van der Waals surface area (Å²) in [6.45, 7) is 4.41. The fraction of sp³-hybridized carbons (Fsp3) is 0.692. The molecule has 1 fully saturated rings. The van der Waals surface area contributed by atoms with Crippen molar-refractivity contribution in [2.45, 2.75) is 45.3 Å². The predicted molar refractivity (Wildman–Crippen MR) is 71.9 cm³/mol. The standard InChI is InChI=1S/C13H22N2S/c1-2-7-15-8-3-4-13(15)11-14-12-5-9-16-10-6-12/h3-4,8,12,14H,2,5-7,9-11H2,1H3. The highest BCUT2D eigenvalue weighted by atomic mass is 32.2. The van der Waals surface area contributed by atoms with Gasteiger partial charge in [-0.05, 0) is 42.9 Å². The van der Waals surface area contributed by atoms with E-state index in [1.54, 1.807) is 0 Å². The van der Waals surface area contributed by atoms with Crippen LogP contribution in [0.25, 0.3) is 0 Å². The normalized spacial score (nSPS) is 17.8. The SMILES string of the molecule is CCCn1cccc1CNC1CCSCC1. The van der Waals surface area contributed by atoms with E-state index in [0.29, 0.717) is 0 Å². The Balaban J connectivity index is 1.81. The average Bonchev–Trinajstić information content (AvgIpc) is 2.76. The lowest BCUT2D eigenvalue weighted by atomic mass is 10.1. The van der Waals surface area contributed by atoms with E-state index >= 15 is 0 Å². The Morgan fingerprint density at radius 1 is 1.44 bits per heavy atom. The second kappa shape index (κ2) is 6.36. The van der Waals surface area contributed by atoms with Crippen LogP contribution in [0.2, 0.25) is 0 Å². The van der Waals surface area contributed by atoms with Crippen LogP contribution >= 0.6 is 11.8 Å². The summed E-state index contributed by atoms with van der Waals surface area (Å²) in [4.78, 5) is 0. The fourth-order valence-corrected chi connectivity index (χ4v) is 3.33. The van der Waals surface area contributed by atoms with Crippen LogP contribution in [0.1, 0.15) is 31.9 Å². The van der Waals surface area contributed by atoms with Gasteiger partial charge in [0, 0.05) is 31.0 Å². The van der Waals surface area contributed by atoms with Crippen molar-refractivity contribution in [1.82, 2.24) is 9.88 Å². The lowest BCUT2D eigenvalue weighted by molar-refractivity contribution is 0.469. The molecule has 0 unspecified atom stereocenters. The molecule has 0 radical (unpaired) electrons. The molecule has 1 saturated heterocycles. The second-order valence-corrected chi connectivity index (χ2v) is 5.69. The zero-order chi connectivity index (χ0) is 11.2. The molecule has 1 aliphatic heterocycles. The number of aromatic nitrogens is 1. The number of aryl methyl sites for hydroxylation is 1. The van der Waals surface area contributed by atoms with Gasteiger partial charge in [0.2, 0.25) is 0 Å². The van der Waals surface area contributed by atoms with Crippen molar-refractivity contribution in [3.63, 3.8) is 0 Å². The molecule has 1 aromatic rings. The van der Waals surface area contributed by atoms with Gasteiger partial charge < -0.3 is 9.88 Å². The minimum absolute atomic E-state index is 0.742. The van der Waals surface area contributed by atoms with Gasteiger partial charge in [-0.1, -0.05) is 6.92 Å². The number of thioether (sulfide) groups is 1. The van der Waals surface area contributed by atoms with Gasteiger partial charge in [-0.25, -0.2) is 0 Å². The Kier molecular flexibility index (Phi) is 4.79. The minimum atomic E-state index is 0.742. The smallest absolute Gasteiger partial charge is 0.0361 e. The molecule has 90 valence electrons. The van der Waals surface area contributed by atoms with Crippen molar-refractivity contribution < 1.29 is 0 Å². The van der Waals surface area contributed by atoms with Crippen molar-refractivity contribution in [2.75, 3.05) is 11.5 Å². The third-order valence-corrected chi connectivity index (χ3v) is 4.23. The van der Waals surface area contributed by atoms with Crippen LogP contribution in [0.3, 0.4) is 0 Å². The molecular weight excluding hydrogens is 216 g/mol. The third-order valence-electron chi connectivity index (χ3n) is 3.18. The number of nitrogens with zero attached hydrogens (tertiary/aromatic N) is 1. The summed E-state index contributed by atoms with van der Waals surface area (Å²) in [5.74, 6) is 2.65.